The number of piperazine rings is 1. The number of carboxylic acids is 1. The van der Waals surface area contributed by atoms with Gasteiger partial charge < -0.3 is 15.3 Å². The van der Waals surface area contributed by atoms with Gasteiger partial charge in [-0.25, -0.2) is 9.18 Å². The van der Waals surface area contributed by atoms with Crippen LogP contribution in [0.1, 0.15) is 52.8 Å². The standard InChI is InChI=1S/C24H28FN3O3/c25-20-9-5-4-8-19(20)23(29)26-21-16-17(24(30)31)10-11-22(21)28-14-12-27(13-15-28)18-6-2-1-3-7-18/h4-5,8-11,16,18H,1-3,6-7,12-15H2,(H,26,29)(H,30,31). The molecule has 1 saturated heterocycles. The first-order valence-corrected chi connectivity index (χ1v) is 10.9. The van der Waals surface area contributed by atoms with Gasteiger partial charge in [0.15, 0.2) is 0 Å². The van der Waals surface area contributed by atoms with Crippen LogP contribution in [-0.4, -0.2) is 54.1 Å². The third-order valence-electron chi connectivity index (χ3n) is 6.36. The molecule has 31 heavy (non-hydrogen) atoms. The van der Waals surface area contributed by atoms with E-state index in [4.69, 9.17) is 0 Å². The van der Waals surface area contributed by atoms with Gasteiger partial charge in [-0.2, -0.15) is 0 Å². The first-order valence-electron chi connectivity index (χ1n) is 10.9. The molecule has 0 atom stereocenters. The number of aromatic carboxylic acids is 1. The summed E-state index contributed by atoms with van der Waals surface area (Å²) in [6, 6.07) is 11.1. The minimum absolute atomic E-state index is 0.0729. The number of nitrogens with one attached hydrogen (secondary N) is 1. The molecule has 2 fully saturated rings. The molecule has 1 aliphatic heterocycles. The second kappa shape index (κ2) is 9.47. The summed E-state index contributed by atoms with van der Waals surface area (Å²) in [6.45, 7) is 3.47. The Hall–Kier alpha value is -2.93. The summed E-state index contributed by atoms with van der Waals surface area (Å²) >= 11 is 0. The van der Waals surface area contributed by atoms with Crippen molar-refractivity contribution >= 4 is 23.3 Å². The molecule has 2 aromatic rings. The number of carbonyl (C=O) groups excluding carboxylic acids is 1. The summed E-state index contributed by atoms with van der Waals surface area (Å²) in [5.41, 5.74) is 1.15. The summed E-state index contributed by atoms with van der Waals surface area (Å²) in [5, 5.41) is 12.1. The van der Waals surface area contributed by atoms with Crippen LogP contribution < -0.4 is 10.2 Å². The van der Waals surface area contributed by atoms with Crippen LogP contribution in [0.2, 0.25) is 0 Å². The van der Waals surface area contributed by atoms with Crippen LogP contribution in [0.4, 0.5) is 15.8 Å². The van der Waals surface area contributed by atoms with Crippen molar-refractivity contribution in [2.75, 3.05) is 36.4 Å². The Kier molecular flexibility index (Phi) is 6.51. The molecule has 2 aromatic carbocycles. The summed E-state index contributed by atoms with van der Waals surface area (Å²) in [6.07, 6.45) is 6.45. The smallest absolute Gasteiger partial charge is 0.335 e. The van der Waals surface area contributed by atoms with Crippen LogP contribution in [0.3, 0.4) is 0 Å². The molecule has 1 aliphatic carbocycles. The van der Waals surface area contributed by atoms with E-state index in [1.165, 1.54) is 56.4 Å². The van der Waals surface area contributed by atoms with Crippen molar-refractivity contribution in [2.24, 2.45) is 0 Å². The predicted molar refractivity (Wildman–Crippen MR) is 118 cm³/mol. The van der Waals surface area contributed by atoms with E-state index in [9.17, 15) is 19.1 Å². The average molecular weight is 426 g/mol. The lowest BCUT2D eigenvalue weighted by Crippen LogP contribution is -2.51. The zero-order valence-electron chi connectivity index (χ0n) is 17.5. The number of nitrogens with zero attached hydrogens (tertiary/aromatic N) is 2. The molecule has 1 heterocycles. The van der Waals surface area contributed by atoms with E-state index in [2.05, 4.69) is 15.1 Å². The number of halogens is 1. The summed E-state index contributed by atoms with van der Waals surface area (Å²) < 4.78 is 14.1. The second-order valence-electron chi connectivity index (χ2n) is 8.29. The maximum Gasteiger partial charge on any atom is 0.335 e. The number of rotatable bonds is 5. The Bertz CT molecular complexity index is 951. The Morgan fingerprint density at radius 3 is 2.35 bits per heavy atom. The third-order valence-corrected chi connectivity index (χ3v) is 6.36. The van der Waals surface area contributed by atoms with Gasteiger partial charge in [0, 0.05) is 32.2 Å². The highest BCUT2D eigenvalue weighted by Gasteiger charge is 2.26. The fourth-order valence-electron chi connectivity index (χ4n) is 4.65. The molecule has 0 bridgehead atoms. The molecule has 4 rings (SSSR count). The summed E-state index contributed by atoms with van der Waals surface area (Å²) in [4.78, 5) is 28.9. The predicted octanol–water partition coefficient (Wildman–Crippen LogP) is 4.23. The average Bonchev–Trinajstić information content (AvgIpc) is 2.80. The van der Waals surface area contributed by atoms with Crippen molar-refractivity contribution in [3.8, 4) is 0 Å². The normalized spacial score (nSPS) is 18.0. The molecule has 7 heteroatoms. The molecule has 0 spiro atoms. The molecular formula is C24H28FN3O3. The van der Waals surface area contributed by atoms with Gasteiger partial charge in [-0.05, 0) is 43.2 Å². The molecule has 2 aliphatic rings. The molecule has 6 nitrogen and oxygen atoms in total. The van der Waals surface area contributed by atoms with E-state index >= 15 is 0 Å². The molecule has 1 amide bonds. The molecule has 0 aromatic heterocycles. The molecule has 2 N–H and O–H groups in total. The van der Waals surface area contributed by atoms with E-state index in [0.717, 1.165) is 31.9 Å². The van der Waals surface area contributed by atoms with Crippen LogP contribution >= 0.6 is 0 Å². The van der Waals surface area contributed by atoms with E-state index in [1.807, 2.05) is 0 Å². The monoisotopic (exact) mass is 425 g/mol. The number of carboxylic acid groups (broad SMARTS) is 1. The fourth-order valence-corrected chi connectivity index (χ4v) is 4.65. The van der Waals surface area contributed by atoms with Crippen LogP contribution in [0, 0.1) is 5.82 Å². The summed E-state index contributed by atoms with van der Waals surface area (Å²) in [7, 11) is 0. The van der Waals surface area contributed by atoms with E-state index in [-0.39, 0.29) is 11.1 Å². The highest BCUT2D eigenvalue weighted by molar-refractivity contribution is 6.07. The Labute approximate surface area is 181 Å². The van der Waals surface area contributed by atoms with Gasteiger partial charge in [0.2, 0.25) is 0 Å². The largest absolute Gasteiger partial charge is 0.478 e. The van der Waals surface area contributed by atoms with Gasteiger partial charge in [-0.3, -0.25) is 9.69 Å². The SMILES string of the molecule is O=C(O)c1ccc(N2CCN(C3CCCCC3)CC2)c(NC(=O)c2ccccc2F)c1. The molecule has 0 unspecified atom stereocenters. The number of hydrogen-bond donors (Lipinski definition) is 2. The number of anilines is 2. The Morgan fingerprint density at radius 2 is 1.68 bits per heavy atom. The minimum atomic E-state index is -1.07. The molecule has 164 valence electrons. The van der Waals surface area contributed by atoms with Crippen molar-refractivity contribution in [1.82, 2.24) is 4.90 Å². The van der Waals surface area contributed by atoms with E-state index in [1.54, 1.807) is 18.2 Å². The first-order chi connectivity index (χ1) is 15.0. The highest BCUT2D eigenvalue weighted by Crippen LogP contribution is 2.31. The van der Waals surface area contributed by atoms with Crippen molar-refractivity contribution in [3.05, 3.63) is 59.4 Å². The molecule has 1 saturated carbocycles. The van der Waals surface area contributed by atoms with Gasteiger partial charge in [0.05, 0.1) is 22.5 Å². The van der Waals surface area contributed by atoms with Crippen LogP contribution in [0.25, 0.3) is 0 Å². The maximum absolute atomic E-state index is 14.1. The lowest BCUT2D eigenvalue weighted by Gasteiger charge is -2.42. The number of carbonyl (C=O) groups is 2. The van der Waals surface area contributed by atoms with Gasteiger partial charge in [-0.15, -0.1) is 0 Å². The number of benzene rings is 2. The molecular weight excluding hydrogens is 397 g/mol. The number of amides is 1. The molecule has 0 radical (unpaired) electrons. The first kappa shape index (κ1) is 21.3. The van der Waals surface area contributed by atoms with E-state index < -0.39 is 17.7 Å². The topological polar surface area (TPSA) is 72.9 Å². The van der Waals surface area contributed by atoms with Crippen LogP contribution in [-0.2, 0) is 0 Å². The number of hydrogen-bond acceptors (Lipinski definition) is 4. The van der Waals surface area contributed by atoms with Crippen molar-refractivity contribution in [2.45, 2.75) is 38.1 Å². The Morgan fingerprint density at radius 1 is 0.968 bits per heavy atom. The van der Waals surface area contributed by atoms with Crippen LogP contribution in [0.5, 0.6) is 0 Å². The maximum atomic E-state index is 14.1. The van der Waals surface area contributed by atoms with Gasteiger partial charge in [0.25, 0.3) is 5.91 Å². The van der Waals surface area contributed by atoms with E-state index in [0.29, 0.717) is 11.7 Å². The van der Waals surface area contributed by atoms with Gasteiger partial charge in [0.1, 0.15) is 5.82 Å². The Balaban J connectivity index is 1.53. The minimum Gasteiger partial charge on any atom is -0.478 e. The summed E-state index contributed by atoms with van der Waals surface area (Å²) in [5.74, 6) is -2.28. The third kappa shape index (κ3) is 4.88. The second-order valence-corrected chi connectivity index (χ2v) is 8.29. The lowest BCUT2D eigenvalue weighted by atomic mass is 9.94. The quantitative estimate of drug-likeness (QED) is 0.750. The van der Waals surface area contributed by atoms with Crippen molar-refractivity contribution < 1.29 is 19.1 Å². The zero-order valence-corrected chi connectivity index (χ0v) is 17.5. The van der Waals surface area contributed by atoms with Crippen molar-refractivity contribution in [1.29, 1.82) is 0 Å². The lowest BCUT2D eigenvalue weighted by molar-refractivity contribution is 0.0696. The van der Waals surface area contributed by atoms with Crippen molar-refractivity contribution in [3.63, 3.8) is 0 Å². The van der Waals surface area contributed by atoms with Gasteiger partial charge >= 0.3 is 5.97 Å². The van der Waals surface area contributed by atoms with Gasteiger partial charge in [-0.1, -0.05) is 31.4 Å². The van der Waals surface area contributed by atoms with Crippen LogP contribution in [0.15, 0.2) is 42.5 Å². The fraction of sp³-hybridized carbons (Fsp3) is 0.417. The zero-order chi connectivity index (χ0) is 21.8. The highest BCUT2D eigenvalue weighted by atomic mass is 19.1.